The van der Waals surface area contributed by atoms with E-state index in [9.17, 15) is 0 Å². The number of aromatic nitrogens is 3. The molecular formula is C46H27N3S. The van der Waals surface area contributed by atoms with Crippen LogP contribution in [0.5, 0.6) is 0 Å². The van der Waals surface area contributed by atoms with Crippen molar-refractivity contribution < 1.29 is 0 Å². The highest BCUT2D eigenvalue weighted by molar-refractivity contribution is 7.26. The number of thiophene rings is 1. The minimum atomic E-state index is 0.668. The lowest BCUT2D eigenvalue weighted by molar-refractivity contribution is 1.01. The first-order valence-corrected chi connectivity index (χ1v) is 17.7. The van der Waals surface area contributed by atoms with Gasteiger partial charge in [-0.3, -0.25) is 4.57 Å². The first-order valence-electron chi connectivity index (χ1n) is 16.9. The van der Waals surface area contributed by atoms with Crippen LogP contribution in [0.25, 0.3) is 103 Å². The van der Waals surface area contributed by atoms with E-state index < -0.39 is 0 Å². The van der Waals surface area contributed by atoms with Crippen LogP contribution in [0.2, 0.25) is 0 Å². The highest BCUT2D eigenvalue weighted by Crippen LogP contribution is 2.43. The highest BCUT2D eigenvalue weighted by Gasteiger charge is 2.21. The molecule has 50 heavy (non-hydrogen) atoms. The molecule has 0 unspecified atom stereocenters. The fourth-order valence-electron chi connectivity index (χ4n) is 7.81. The summed E-state index contributed by atoms with van der Waals surface area (Å²) in [6.45, 7) is 0. The molecule has 0 aliphatic rings. The normalized spacial score (nSPS) is 12.0. The molecular weight excluding hydrogens is 627 g/mol. The third-order valence-corrected chi connectivity index (χ3v) is 11.3. The Morgan fingerprint density at radius 3 is 1.92 bits per heavy atom. The lowest BCUT2D eigenvalue weighted by atomic mass is 9.99. The highest BCUT2D eigenvalue weighted by atomic mass is 32.1. The van der Waals surface area contributed by atoms with Gasteiger partial charge in [-0.05, 0) is 75.1 Å². The number of fused-ring (bicyclic) bond motifs is 9. The van der Waals surface area contributed by atoms with Crippen molar-refractivity contribution in [2.24, 2.45) is 0 Å². The summed E-state index contributed by atoms with van der Waals surface area (Å²) >= 11 is 1.85. The smallest absolute Gasteiger partial charge is 0.235 e. The maximum Gasteiger partial charge on any atom is 0.235 e. The van der Waals surface area contributed by atoms with Gasteiger partial charge in [0.25, 0.3) is 0 Å². The molecule has 8 aromatic carbocycles. The molecule has 4 heteroatoms. The molecule has 3 heterocycles. The topological polar surface area (TPSA) is 30.7 Å². The average molecular weight is 654 g/mol. The van der Waals surface area contributed by atoms with Gasteiger partial charge in [-0.25, -0.2) is 9.97 Å². The lowest BCUT2D eigenvalue weighted by Gasteiger charge is -2.13. The van der Waals surface area contributed by atoms with E-state index in [2.05, 4.69) is 168 Å². The van der Waals surface area contributed by atoms with Crippen LogP contribution in [-0.4, -0.2) is 14.5 Å². The van der Waals surface area contributed by atoms with Crippen molar-refractivity contribution in [2.75, 3.05) is 0 Å². The number of nitrogens with zero attached hydrogens (tertiary/aromatic N) is 3. The maximum absolute atomic E-state index is 5.55. The zero-order valence-corrected chi connectivity index (χ0v) is 27.7. The fourth-order valence-corrected chi connectivity index (χ4v) is 8.97. The molecule has 0 N–H and O–H groups in total. The maximum atomic E-state index is 5.55. The second-order valence-electron chi connectivity index (χ2n) is 13.0. The van der Waals surface area contributed by atoms with E-state index >= 15 is 0 Å². The largest absolute Gasteiger partial charge is 0.278 e. The van der Waals surface area contributed by atoms with Crippen LogP contribution >= 0.6 is 11.3 Å². The zero-order chi connectivity index (χ0) is 32.8. The summed E-state index contributed by atoms with van der Waals surface area (Å²) in [6.07, 6.45) is 0. The van der Waals surface area contributed by atoms with Crippen LogP contribution in [0.4, 0.5) is 0 Å². The molecule has 3 nitrogen and oxygen atoms in total. The van der Waals surface area contributed by atoms with E-state index in [1.165, 1.54) is 58.1 Å². The average Bonchev–Trinajstić information content (AvgIpc) is 3.70. The molecule has 0 spiro atoms. The van der Waals surface area contributed by atoms with E-state index in [0.29, 0.717) is 5.95 Å². The Bertz CT molecular complexity index is 3150. The van der Waals surface area contributed by atoms with E-state index in [1.807, 2.05) is 11.3 Å². The number of para-hydroxylation sites is 1. The molecule has 232 valence electrons. The van der Waals surface area contributed by atoms with Crippen LogP contribution in [0.15, 0.2) is 164 Å². The summed E-state index contributed by atoms with van der Waals surface area (Å²) in [4.78, 5) is 10.9. The van der Waals surface area contributed by atoms with Crippen molar-refractivity contribution in [3.8, 4) is 28.3 Å². The van der Waals surface area contributed by atoms with Gasteiger partial charge in [-0.15, -0.1) is 11.3 Å². The quantitative estimate of drug-likeness (QED) is 0.190. The Balaban J connectivity index is 1.25. The molecule has 0 bridgehead atoms. The Labute approximate surface area is 291 Å². The van der Waals surface area contributed by atoms with Crippen molar-refractivity contribution in [2.45, 2.75) is 0 Å². The van der Waals surface area contributed by atoms with Crippen molar-refractivity contribution in [1.29, 1.82) is 0 Å². The summed E-state index contributed by atoms with van der Waals surface area (Å²) in [5, 5.41) is 10.8. The van der Waals surface area contributed by atoms with Crippen molar-refractivity contribution in [3.05, 3.63) is 164 Å². The van der Waals surface area contributed by atoms with Gasteiger partial charge in [0.2, 0.25) is 5.95 Å². The number of hydrogen-bond donors (Lipinski definition) is 0. The molecule has 0 aliphatic carbocycles. The van der Waals surface area contributed by atoms with Gasteiger partial charge >= 0.3 is 0 Å². The zero-order valence-electron chi connectivity index (χ0n) is 26.8. The van der Waals surface area contributed by atoms with E-state index in [4.69, 9.17) is 9.97 Å². The Morgan fingerprint density at radius 2 is 1.10 bits per heavy atom. The first kappa shape index (κ1) is 27.6. The predicted molar refractivity (Wildman–Crippen MR) is 213 cm³/mol. The Kier molecular flexibility index (Phi) is 5.83. The number of hydrogen-bond acceptors (Lipinski definition) is 3. The Morgan fingerprint density at radius 1 is 0.420 bits per heavy atom. The minimum Gasteiger partial charge on any atom is -0.278 e. The third-order valence-electron chi connectivity index (χ3n) is 10.2. The fraction of sp³-hybridized carbons (Fsp3) is 0. The SMILES string of the molecule is c1ccc(-c2ccc3c4cc5ccccc5cc4n(-c4nc(-c5cccc6sc7cc8ccccc8cc7c56)c5ccccc5n4)c3c2)cc1. The molecule has 11 rings (SSSR count). The Hall–Kier alpha value is -6.36. The third kappa shape index (κ3) is 4.09. The number of rotatable bonds is 3. The standard InChI is InChI=1S/C46H27N3S/c1-2-11-28(12-3-1)33-21-22-34-37-23-29-13-4-6-15-31(29)25-41(37)49(40(34)26-33)46-47-39-19-9-8-17-35(39)45(48-46)36-18-10-20-42-44(36)38-24-30-14-5-7-16-32(30)27-43(38)50-42/h1-27H. The molecule has 0 saturated heterocycles. The summed E-state index contributed by atoms with van der Waals surface area (Å²) < 4.78 is 4.82. The van der Waals surface area contributed by atoms with Gasteiger partial charge in [-0.2, -0.15) is 0 Å². The second kappa shape index (κ2) is 10.6. The van der Waals surface area contributed by atoms with Crippen LogP contribution in [0.1, 0.15) is 0 Å². The molecule has 3 aromatic heterocycles. The van der Waals surface area contributed by atoms with Gasteiger partial charge in [0.05, 0.1) is 22.2 Å². The van der Waals surface area contributed by atoms with Gasteiger partial charge in [0.15, 0.2) is 0 Å². The molecule has 0 atom stereocenters. The van der Waals surface area contributed by atoms with E-state index in [-0.39, 0.29) is 0 Å². The molecule has 0 amide bonds. The minimum absolute atomic E-state index is 0.668. The van der Waals surface area contributed by atoms with E-state index in [1.54, 1.807) is 0 Å². The molecule has 0 aliphatic heterocycles. The number of benzene rings is 8. The van der Waals surface area contributed by atoms with Crippen molar-refractivity contribution >= 4 is 85.8 Å². The second-order valence-corrected chi connectivity index (χ2v) is 14.1. The molecule has 0 radical (unpaired) electrons. The summed E-state index contributed by atoms with van der Waals surface area (Å²) in [5.74, 6) is 0.668. The van der Waals surface area contributed by atoms with Crippen LogP contribution in [0, 0.1) is 0 Å². The molecule has 0 fully saturated rings. The first-order chi connectivity index (χ1) is 24.8. The van der Waals surface area contributed by atoms with Gasteiger partial charge < -0.3 is 0 Å². The summed E-state index contributed by atoms with van der Waals surface area (Å²) in [6, 6.07) is 59.0. The van der Waals surface area contributed by atoms with Gasteiger partial charge in [0.1, 0.15) is 0 Å². The summed E-state index contributed by atoms with van der Waals surface area (Å²) in [7, 11) is 0. The predicted octanol–water partition coefficient (Wildman–Crippen LogP) is 12.7. The van der Waals surface area contributed by atoms with Gasteiger partial charge in [-0.1, -0.05) is 121 Å². The monoisotopic (exact) mass is 653 g/mol. The van der Waals surface area contributed by atoms with Gasteiger partial charge in [0, 0.05) is 41.9 Å². The van der Waals surface area contributed by atoms with E-state index in [0.717, 1.165) is 38.8 Å². The van der Waals surface area contributed by atoms with Crippen LogP contribution < -0.4 is 0 Å². The molecule has 0 saturated carbocycles. The van der Waals surface area contributed by atoms with Crippen molar-refractivity contribution in [1.82, 2.24) is 14.5 Å². The lowest BCUT2D eigenvalue weighted by Crippen LogP contribution is -2.03. The molecule has 11 aromatic rings. The van der Waals surface area contributed by atoms with Crippen molar-refractivity contribution in [3.63, 3.8) is 0 Å². The van der Waals surface area contributed by atoms with Crippen LogP contribution in [0.3, 0.4) is 0 Å². The summed E-state index contributed by atoms with van der Waals surface area (Å²) in [5.41, 5.74) is 7.51. The van der Waals surface area contributed by atoms with Crippen LogP contribution in [-0.2, 0) is 0 Å².